The molecule has 0 aliphatic carbocycles. The first kappa shape index (κ1) is 23.0. The van der Waals surface area contributed by atoms with Crippen LogP contribution in [0.2, 0.25) is 0 Å². The quantitative estimate of drug-likeness (QED) is 0.606. The van der Waals surface area contributed by atoms with E-state index in [1.54, 1.807) is 11.8 Å². The standard InChI is InChI=1S/C23H31N3O2S/c1-5-26(16-22(28)25-23(2,3)4)15-21(27)24-19-13-9-10-14-20(19)29-17-18-11-7-6-8-12-18/h6-14H,5,15-17H2,1-4H3,(H,24,27)(H,25,28). The third-order valence-corrected chi connectivity index (χ3v) is 5.24. The molecule has 6 heteroatoms. The van der Waals surface area contributed by atoms with Crippen LogP contribution in [0.5, 0.6) is 0 Å². The number of anilines is 1. The molecule has 0 heterocycles. The molecule has 2 N–H and O–H groups in total. The Morgan fingerprint density at radius 1 is 0.931 bits per heavy atom. The fourth-order valence-corrected chi connectivity index (χ4v) is 3.73. The Morgan fingerprint density at radius 2 is 1.55 bits per heavy atom. The van der Waals surface area contributed by atoms with E-state index < -0.39 is 0 Å². The third-order valence-electron chi connectivity index (χ3n) is 4.09. The third kappa shape index (κ3) is 8.71. The summed E-state index contributed by atoms with van der Waals surface area (Å²) in [7, 11) is 0. The summed E-state index contributed by atoms with van der Waals surface area (Å²) in [6.07, 6.45) is 0. The molecule has 0 radical (unpaired) electrons. The molecule has 0 aliphatic heterocycles. The molecule has 0 unspecified atom stereocenters. The number of hydrogen-bond donors (Lipinski definition) is 2. The van der Waals surface area contributed by atoms with E-state index in [1.165, 1.54) is 5.56 Å². The van der Waals surface area contributed by atoms with Gasteiger partial charge in [-0.1, -0.05) is 49.4 Å². The van der Waals surface area contributed by atoms with Crippen LogP contribution in [0.4, 0.5) is 5.69 Å². The average Bonchev–Trinajstić information content (AvgIpc) is 2.66. The van der Waals surface area contributed by atoms with E-state index in [9.17, 15) is 9.59 Å². The number of nitrogens with one attached hydrogen (secondary N) is 2. The van der Waals surface area contributed by atoms with Crippen molar-refractivity contribution in [1.29, 1.82) is 0 Å². The minimum Gasteiger partial charge on any atom is -0.350 e. The van der Waals surface area contributed by atoms with E-state index >= 15 is 0 Å². The highest BCUT2D eigenvalue weighted by Crippen LogP contribution is 2.29. The van der Waals surface area contributed by atoms with Gasteiger partial charge < -0.3 is 10.6 Å². The maximum Gasteiger partial charge on any atom is 0.238 e. The lowest BCUT2D eigenvalue weighted by Gasteiger charge is -2.24. The SMILES string of the molecule is CCN(CC(=O)Nc1ccccc1SCc1ccccc1)CC(=O)NC(C)(C)C. The molecule has 0 aromatic heterocycles. The molecule has 2 aromatic carbocycles. The number of nitrogens with zero attached hydrogens (tertiary/aromatic N) is 1. The number of likely N-dealkylation sites (N-methyl/N-ethyl adjacent to an activating group) is 1. The van der Waals surface area contributed by atoms with Crippen molar-refractivity contribution in [2.75, 3.05) is 25.0 Å². The topological polar surface area (TPSA) is 61.4 Å². The van der Waals surface area contributed by atoms with E-state index in [-0.39, 0.29) is 30.4 Å². The minimum absolute atomic E-state index is 0.0778. The predicted molar refractivity (Wildman–Crippen MR) is 121 cm³/mol. The van der Waals surface area contributed by atoms with Crippen molar-refractivity contribution in [3.8, 4) is 0 Å². The van der Waals surface area contributed by atoms with Gasteiger partial charge in [-0.2, -0.15) is 0 Å². The number of carbonyl (C=O) groups excluding carboxylic acids is 2. The summed E-state index contributed by atoms with van der Waals surface area (Å²) in [5.74, 6) is 0.635. The molecular weight excluding hydrogens is 382 g/mol. The first-order valence-electron chi connectivity index (χ1n) is 9.86. The summed E-state index contributed by atoms with van der Waals surface area (Å²) in [4.78, 5) is 27.6. The van der Waals surface area contributed by atoms with Gasteiger partial charge in [0.2, 0.25) is 11.8 Å². The maximum atomic E-state index is 12.6. The average molecular weight is 414 g/mol. The Bertz CT molecular complexity index is 803. The van der Waals surface area contributed by atoms with E-state index in [0.717, 1.165) is 16.3 Å². The molecule has 156 valence electrons. The molecule has 0 saturated heterocycles. The number of hydrogen-bond acceptors (Lipinski definition) is 4. The molecule has 29 heavy (non-hydrogen) atoms. The second-order valence-corrected chi connectivity index (χ2v) is 8.94. The van der Waals surface area contributed by atoms with Crippen LogP contribution in [0, 0.1) is 0 Å². The zero-order chi connectivity index (χ0) is 21.3. The van der Waals surface area contributed by atoms with Gasteiger partial charge in [0, 0.05) is 16.2 Å². The van der Waals surface area contributed by atoms with Crippen LogP contribution in [0.25, 0.3) is 0 Å². The zero-order valence-electron chi connectivity index (χ0n) is 17.7. The molecule has 2 rings (SSSR count). The van der Waals surface area contributed by atoms with Crippen molar-refractivity contribution in [3.05, 3.63) is 60.2 Å². The highest BCUT2D eigenvalue weighted by Gasteiger charge is 2.18. The number of para-hydroxylation sites is 1. The number of benzene rings is 2. The van der Waals surface area contributed by atoms with E-state index in [0.29, 0.717) is 6.54 Å². The normalized spacial score (nSPS) is 11.3. The second kappa shape index (κ2) is 11.0. The summed E-state index contributed by atoms with van der Waals surface area (Å²) >= 11 is 1.69. The summed E-state index contributed by atoms with van der Waals surface area (Å²) in [6, 6.07) is 18.0. The van der Waals surface area contributed by atoms with E-state index in [4.69, 9.17) is 0 Å². The van der Waals surface area contributed by atoms with Crippen LogP contribution in [0.3, 0.4) is 0 Å². The lowest BCUT2D eigenvalue weighted by Crippen LogP contribution is -2.47. The van der Waals surface area contributed by atoms with Gasteiger partial charge in [-0.05, 0) is 45.0 Å². The van der Waals surface area contributed by atoms with Crippen LogP contribution in [0.1, 0.15) is 33.3 Å². The van der Waals surface area contributed by atoms with Crippen molar-refractivity contribution < 1.29 is 9.59 Å². The lowest BCUT2D eigenvalue weighted by atomic mass is 10.1. The molecule has 2 amide bonds. The van der Waals surface area contributed by atoms with Gasteiger partial charge in [0.1, 0.15) is 0 Å². The summed E-state index contributed by atoms with van der Waals surface area (Å²) in [5.41, 5.74) is 1.75. The molecule has 0 atom stereocenters. The molecule has 0 aliphatic rings. The second-order valence-electron chi connectivity index (χ2n) is 7.92. The molecule has 2 aromatic rings. The predicted octanol–water partition coefficient (Wildman–Crippen LogP) is 4.15. The van der Waals surface area contributed by atoms with Gasteiger partial charge in [0.05, 0.1) is 18.8 Å². The Kier molecular flexibility index (Phi) is 8.73. The van der Waals surface area contributed by atoms with Crippen molar-refractivity contribution in [2.45, 2.75) is 43.9 Å². The van der Waals surface area contributed by atoms with E-state index in [1.807, 2.05) is 75.1 Å². The molecule has 0 saturated carbocycles. The van der Waals surface area contributed by atoms with Crippen LogP contribution < -0.4 is 10.6 Å². The van der Waals surface area contributed by atoms with Gasteiger partial charge >= 0.3 is 0 Å². The fraction of sp³-hybridized carbons (Fsp3) is 0.391. The van der Waals surface area contributed by atoms with Crippen LogP contribution in [0.15, 0.2) is 59.5 Å². The summed E-state index contributed by atoms with van der Waals surface area (Å²) < 4.78 is 0. The van der Waals surface area contributed by atoms with Gasteiger partial charge in [-0.15, -0.1) is 11.8 Å². The molecule has 5 nitrogen and oxygen atoms in total. The first-order valence-corrected chi connectivity index (χ1v) is 10.8. The smallest absolute Gasteiger partial charge is 0.238 e. The Labute approximate surface area is 178 Å². The monoisotopic (exact) mass is 413 g/mol. The fourth-order valence-electron chi connectivity index (χ4n) is 2.76. The van der Waals surface area contributed by atoms with Crippen molar-refractivity contribution >= 4 is 29.3 Å². The number of amides is 2. The van der Waals surface area contributed by atoms with Crippen molar-refractivity contribution in [1.82, 2.24) is 10.2 Å². The molecule has 0 bridgehead atoms. The zero-order valence-corrected chi connectivity index (χ0v) is 18.5. The van der Waals surface area contributed by atoms with Gasteiger partial charge in [-0.3, -0.25) is 14.5 Å². The Balaban J connectivity index is 1.93. The van der Waals surface area contributed by atoms with E-state index in [2.05, 4.69) is 22.8 Å². The maximum absolute atomic E-state index is 12.6. The highest BCUT2D eigenvalue weighted by molar-refractivity contribution is 7.98. The molecule has 0 fully saturated rings. The largest absolute Gasteiger partial charge is 0.350 e. The van der Waals surface area contributed by atoms with Crippen LogP contribution in [-0.4, -0.2) is 41.9 Å². The summed E-state index contributed by atoms with van der Waals surface area (Å²) in [5, 5.41) is 5.93. The van der Waals surface area contributed by atoms with Crippen LogP contribution in [-0.2, 0) is 15.3 Å². The molecular formula is C23H31N3O2S. The lowest BCUT2D eigenvalue weighted by molar-refractivity contribution is -0.124. The number of thioether (sulfide) groups is 1. The minimum atomic E-state index is -0.284. The highest BCUT2D eigenvalue weighted by atomic mass is 32.2. The van der Waals surface area contributed by atoms with Crippen LogP contribution >= 0.6 is 11.8 Å². The van der Waals surface area contributed by atoms with Crippen molar-refractivity contribution in [2.24, 2.45) is 0 Å². The Hall–Kier alpha value is -2.31. The van der Waals surface area contributed by atoms with Gasteiger partial charge in [0.25, 0.3) is 0 Å². The number of rotatable bonds is 9. The first-order chi connectivity index (χ1) is 13.8. The summed E-state index contributed by atoms with van der Waals surface area (Å²) in [6.45, 7) is 8.77. The molecule has 0 spiro atoms. The number of carbonyl (C=O) groups is 2. The van der Waals surface area contributed by atoms with Gasteiger partial charge in [0.15, 0.2) is 0 Å². The Morgan fingerprint density at radius 3 is 2.21 bits per heavy atom. The van der Waals surface area contributed by atoms with Gasteiger partial charge in [-0.25, -0.2) is 0 Å². The van der Waals surface area contributed by atoms with Crippen molar-refractivity contribution in [3.63, 3.8) is 0 Å².